The summed E-state index contributed by atoms with van der Waals surface area (Å²) >= 11 is 0. The van der Waals surface area contributed by atoms with Crippen LogP contribution in [0.2, 0.25) is 0 Å². The summed E-state index contributed by atoms with van der Waals surface area (Å²) in [6.45, 7) is 3.57. The Bertz CT molecular complexity index is 705. The average molecular weight is 294 g/mol. The van der Waals surface area contributed by atoms with Crippen LogP contribution in [0.5, 0.6) is 11.5 Å². The van der Waals surface area contributed by atoms with Crippen molar-refractivity contribution >= 4 is 0 Å². The van der Waals surface area contributed by atoms with Gasteiger partial charge >= 0.3 is 6.18 Å². The first kappa shape index (κ1) is 13.8. The molecule has 0 N–H and O–H groups in total. The van der Waals surface area contributed by atoms with Crippen LogP contribution in [0.1, 0.15) is 16.7 Å². The number of hydrogen-bond donors (Lipinski definition) is 0. The summed E-state index contributed by atoms with van der Waals surface area (Å²) in [7, 11) is 0. The molecule has 0 aliphatic carbocycles. The van der Waals surface area contributed by atoms with Gasteiger partial charge < -0.3 is 9.47 Å². The zero-order valence-electron chi connectivity index (χ0n) is 11.5. The largest absolute Gasteiger partial charge is 0.454 e. The molecule has 0 radical (unpaired) electrons. The van der Waals surface area contributed by atoms with Gasteiger partial charge in [0.2, 0.25) is 6.79 Å². The molecular weight excluding hydrogens is 281 g/mol. The second-order valence-corrected chi connectivity index (χ2v) is 5.08. The van der Waals surface area contributed by atoms with Gasteiger partial charge in [-0.25, -0.2) is 0 Å². The molecule has 0 fully saturated rings. The van der Waals surface area contributed by atoms with E-state index in [2.05, 4.69) is 0 Å². The fourth-order valence-corrected chi connectivity index (χ4v) is 2.52. The molecule has 0 saturated heterocycles. The van der Waals surface area contributed by atoms with E-state index < -0.39 is 11.7 Å². The minimum Gasteiger partial charge on any atom is -0.454 e. The molecule has 0 spiro atoms. The summed E-state index contributed by atoms with van der Waals surface area (Å²) in [5.41, 5.74) is 1.88. The molecular formula is C16H13F3O2. The van der Waals surface area contributed by atoms with Crippen LogP contribution in [0, 0.1) is 13.8 Å². The zero-order valence-corrected chi connectivity index (χ0v) is 11.5. The van der Waals surface area contributed by atoms with Gasteiger partial charge in [0, 0.05) is 5.56 Å². The number of alkyl halides is 3. The molecule has 0 amide bonds. The first-order valence-electron chi connectivity index (χ1n) is 6.45. The van der Waals surface area contributed by atoms with Crippen LogP contribution in [-0.2, 0) is 6.18 Å². The van der Waals surface area contributed by atoms with Gasteiger partial charge in [-0.2, -0.15) is 13.2 Å². The lowest BCUT2D eigenvalue weighted by Gasteiger charge is -2.14. The summed E-state index contributed by atoms with van der Waals surface area (Å²) < 4.78 is 49.7. The van der Waals surface area contributed by atoms with E-state index in [0.717, 1.165) is 17.7 Å². The molecule has 21 heavy (non-hydrogen) atoms. The predicted octanol–water partition coefficient (Wildman–Crippen LogP) is 4.72. The van der Waals surface area contributed by atoms with Gasteiger partial charge in [0.1, 0.15) is 0 Å². The van der Waals surface area contributed by atoms with Gasteiger partial charge in [0.25, 0.3) is 0 Å². The fourth-order valence-electron chi connectivity index (χ4n) is 2.52. The SMILES string of the molecule is Cc1cc(-c2c(C)ccc3c2OCO3)cc(C(F)(F)F)c1. The standard InChI is InChI=1S/C16H13F3O2/c1-9-5-11(7-12(6-9)16(17,18)19)14-10(2)3-4-13-15(14)21-8-20-13/h3-7H,8H2,1-2H3. The number of ether oxygens (including phenoxy) is 2. The van der Waals surface area contributed by atoms with E-state index in [4.69, 9.17) is 9.47 Å². The maximum absolute atomic E-state index is 13.0. The first-order chi connectivity index (χ1) is 9.86. The summed E-state index contributed by atoms with van der Waals surface area (Å²) in [6, 6.07) is 7.59. The van der Waals surface area contributed by atoms with Crippen LogP contribution in [0.3, 0.4) is 0 Å². The molecule has 2 aromatic carbocycles. The molecule has 5 heteroatoms. The van der Waals surface area contributed by atoms with Crippen molar-refractivity contribution in [2.24, 2.45) is 0 Å². The van der Waals surface area contributed by atoms with Gasteiger partial charge in [0.05, 0.1) is 5.56 Å². The highest BCUT2D eigenvalue weighted by Crippen LogP contribution is 2.44. The number of benzene rings is 2. The maximum atomic E-state index is 13.0. The van der Waals surface area contributed by atoms with E-state index in [1.807, 2.05) is 13.0 Å². The van der Waals surface area contributed by atoms with Crippen molar-refractivity contribution in [3.05, 3.63) is 47.0 Å². The predicted molar refractivity (Wildman–Crippen MR) is 72.5 cm³/mol. The fraction of sp³-hybridized carbons (Fsp3) is 0.250. The Balaban J connectivity index is 2.22. The molecule has 110 valence electrons. The van der Waals surface area contributed by atoms with Crippen molar-refractivity contribution in [1.29, 1.82) is 0 Å². The lowest BCUT2D eigenvalue weighted by molar-refractivity contribution is -0.137. The number of aryl methyl sites for hydroxylation is 2. The Hall–Kier alpha value is -2.17. The average Bonchev–Trinajstić information content (AvgIpc) is 2.84. The van der Waals surface area contributed by atoms with Crippen molar-refractivity contribution in [3.63, 3.8) is 0 Å². The summed E-state index contributed by atoms with van der Waals surface area (Å²) in [5.74, 6) is 1.07. The van der Waals surface area contributed by atoms with E-state index in [1.165, 1.54) is 0 Å². The molecule has 0 saturated carbocycles. The van der Waals surface area contributed by atoms with Crippen molar-refractivity contribution in [2.45, 2.75) is 20.0 Å². The van der Waals surface area contributed by atoms with Crippen LogP contribution in [0.15, 0.2) is 30.3 Å². The third-order valence-corrected chi connectivity index (χ3v) is 3.44. The number of halogens is 3. The smallest absolute Gasteiger partial charge is 0.416 e. The van der Waals surface area contributed by atoms with E-state index >= 15 is 0 Å². The quantitative estimate of drug-likeness (QED) is 0.757. The highest BCUT2D eigenvalue weighted by Gasteiger charge is 2.31. The molecule has 2 aromatic rings. The van der Waals surface area contributed by atoms with Crippen LogP contribution in [0.25, 0.3) is 11.1 Å². The van der Waals surface area contributed by atoms with Gasteiger partial charge in [-0.1, -0.05) is 12.1 Å². The van der Waals surface area contributed by atoms with Crippen LogP contribution < -0.4 is 9.47 Å². The minimum atomic E-state index is -4.37. The molecule has 0 atom stereocenters. The number of fused-ring (bicyclic) bond motifs is 1. The highest BCUT2D eigenvalue weighted by molar-refractivity contribution is 5.78. The molecule has 1 heterocycles. The van der Waals surface area contributed by atoms with Gasteiger partial charge in [-0.05, 0) is 48.7 Å². The Labute approximate surface area is 120 Å². The summed E-state index contributed by atoms with van der Waals surface area (Å²) in [6.07, 6.45) is -4.37. The van der Waals surface area contributed by atoms with Crippen LogP contribution in [0.4, 0.5) is 13.2 Å². The van der Waals surface area contributed by atoms with E-state index in [-0.39, 0.29) is 6.79 Å². The molecule has 1 aliphatic rings. The first-order valence-corrected chi connectivity index (χ1v) is 6.45. The third-order valence-electron chi connectivity index (χ3n) is 3.44. The lowest BCUT2D eigenvalue weighted by atomic mass is 9.95. The van der Waals surface area contributed by atoms with Gasteiger partial charge in [-0.3, -0.25) is 0 Å². The molecule has 0 unspecified atom stereocenters. The van der Waals surface area contributed by atoms with Crippen molar-refractivity contribution in [2.75, 3.05) is 6.79 Å². The van der Waals surface area contributed by atoms with Crippen molar-refractivity contribution in [1.82, 2.24) is 0 Å². The van der Waals surface area contributed by atoms with Crippen molar-refractivity contribution in [3.8, 4) is 22.6 Å². The third kappa shape index (κ3) is 2.44. The second-order valence-electron chi connectivity index (χ2n) is 5.08. The molecule has 0 bridgehead atoms. The summed E-state index contributed by atoms with van der Waals surface area (Å²) in [5, 5.41) is 0. The highest BCUT2D eigenvalue weighted by atomic mass is 19.4. The molecule has 3 rings (SSSR count). The second kappa shape index (κ2) is 4.69. The Morgan fingerprint density at radius 3 is 2.48 bits per heavy atom. The Morgan fingerprint density at radius 2 is 1.76 bits per heavy atom. The van der Waals surface area contributed by atoms with E-state index in [0.29, 0.717) is 28.2 Å². The Morgan fingerprint density at radius 1 is 1.00 bits per heavy atom. The normalized spacial score (nSPS) is 13.6. The minimum absolute atomic E-state index is 0.0870. The monoisotopic (exact) mass is 294 g/mol. The maximum Gasteiger partial charge on any atom is 0.416 e. The molecule has 0 aromatic heterocycles. The Kier molecular flexibility index (Phi) is 3.08. The molecule has 1 aliphatic heterocycles. The topological polar surface area (TPSA) is 18.5 Å². The summed E-state index contributed by atoms with van der Waals surface area (Å²) in [4.78, 5) is 0. The van der Waals surface area contributed by atoms with E-state index in [9.17, 15) is 13.2 Å². The van der Waals surface area contributed by atoms with Gasteiger partial charge in [-0.15, -0.1) is 0 Å². The van der Waals surface area contributed by atoms with Crippen LogP contribution >= 0.6 is 0 Å². The van der Waals surface area contributed by atoms with Crippen molar-refractivity contribution < 1.29 is 22.6 Å². The number of rotatable bonds is 1. The molecule has 2 nitrogen and oxygen atoms in total. The zero-order chi connectivity index (χ0) is 15.2. The number of hydrogen-bond acceptors (Lipinski definition) is 2. The van der Waals surface area contributed by atoms with Crippen LogP contribution in [-0.4, -0.2) is 6.79 Å². The van der Waals surface area contributed by atoms with E-state index in [1.54, 1.807) is 19.1 Å². The van der Waals surface area contributed by atoms with Gasteiger partial charge in [0.15, 0.2) is 11.5 Å². The lowest BCUT2D eigenvalue weighted by Crippen LogP contribution is -2.05.